The van der Waals surface area contributed by atoms with Crippen molar-refractivity contribution in [1.29, 1.82) is 0 Å². The highest BCUT2D eigenvalue weighted by molar-refractivity contribution is 5.33. The summed E-state index contributed by atoms with van der Waals surface area (Å²) in [6, 6.07) is 9.49. The average Bonchev–Trinajstić information content (AvgIpc) is 2.54. The molecule has 0 fully saturated rings. The Morgan fingerprint density at radius 1 is 1.16 bits per heavy atom. The SMILES string of the molecule is Cc1c(C)n(CC(C)(C)O)n(-c2ccccc2)c1=O. The van der Waals surface area contributed by atoms with Crippen LogP contribution in [0, 0.1) is 13.8 Å². The van der Waals surface area contributed by atoms with Crippen LogP contribution in [0.3, 0.4) is 0 Å². The van der Waals surface area contributed by atoms with Crippen molar-refractivity contribution in [2.75, 3.05) is 0 Å². The van der Waals surface area contributed by atoms with E-state index in [4.69, 9.17) is 0 Å². The van der Waals surface area contributed by atoms with Crippen molar-refractivity contribution in [1.82, 2.24) is 9.36 Å². The fraction of sp³-hybridized carbons (Fsp3) is 0.400. The topological polar surface area (TPSA) is 47.2 Å². The number of aromatic nitrogens is 2. The van der Waals surface area contributed by atoms with E-state index in [9.17, 15) is 9.90 Å². The Kier molecular flexibility index (Phi) is 3.37. The van der Waals surface area contributed by atoms with Crippen molar-refractivity contribution in [3.63, 3.8) is 0 Å². The molecule has 4 heteroatoms. The van der Waals surface area contributed by atoms with Gasteiger partial charge in [0.2, 0.25) is 0 Å². The van der Waals surface area contributed by atoms with Crippen molar-refractivity contribution in [2.45, 2.75) is 39.8 Å². The summed E-state index contributed by atoms with van der Waals surface area (Å²) in [6.45, 7) is 7.57. The third kappa shape index (κ3) is 2.63. The molecular weight excluding hydrogens is 240 g/mol. The zero-order valence-corrected chi connectivity index (χ0v) is 11.8. The summed E-state index contributed by atoms with van der Waals surface area (Å²) in [6.07, 6.45) is 0. The Morgan fingerprint density at radius 2 is 1.74 bits per heavy atom. The van der Waals surface area contributed by atoms with Crippen LogP contribution in [0.15, 0.2) is 35.1 Å². The summed E-state index contributed by atoms with van der Waals surface area (Å²) in [5.74, 6) is 0. The van der Waals surface area contributed by atoms with Crippen LogP contribution in [0.4, 0.5) is 0 Å². The first kappa shape index (κ1) is 13.6. The number of benzene rings is 1. The van der Waals surface area contributed by atoms with Gasteiger partial charge < -0.3 is 5.11 Å². The third-order valence-corrected chi connectivity index (χ3v) is 3.22. The van der Waals surface area contributed by atoms with E-state index in [1.165, 1.54) is 0 Å². The number of hydrogen-bond donors (Lipinski definition) is 1. The average molecular weight is 260 g/mol. The van der Waals surface area contributed by atoms with E-state index in [0.29, 0.717) is 12.1 Å². The lowest BCUT2D eigenvalue weighted by Gasteiger charge is -2.22. The Balaban J connectivity index is 2.67. The fourth-order valence-electron chi connectivity index (χ4n) is 2.15. The van der Waals surface area contributed by atoms with Crippen molar-refractivity contribution in [2.24, 2.45) is 0 Å². The molecule has 0 atom stereocenters. The molecule has 0 saturated carbocycles. The van der Waals surface area contributed by atoms with Gasteiger partial charge in [-0.05, 0) is 39.8 Å². The summed E-state index contributed by atoms with van der Waals surface area (Å²) in [5.41, 5.74) is 1.50. The lowest BCUT2D eigenvalue weighted by molar-refractivity contribution is 0.0546. The molecule has 0 aliphatic carbocycles. The number of para-hydroxylation sites is 1. The zero-order valence-electron chi connectivity index (χ0n) is 11.8. The largest absolute Gasteiger partial charge is 0.389 e. The molecule has 102 valence electrons. The molecule has 0 bridgehead atoms. The maximum absolute atomic E-state index is 12.4. The summed E-state index contributed by atoms with van der Waals surface area (Å²) < 4.78 is 3.47. The van der Waals surface area contributed by atoms with E-state index >= 15 is 0 Å². The van der Waals surface area contributed by atoms with Gasteiger partial charge in [-0.1, -0.05) is 18.2 Å². The highest BCUT2D eigenvalue weighted by Crippen LogP contribution is 2.14. The van der Waals surface area contributed by atoms with Gasteiger partial charge in [0.25, 0.3) is 5.56 Å². The van der Waals surface area contributed by atoms with Gasteiger partial charge >= 0.3 is 0 Å². The lowest BCUT2D eigenvalue weighted by Crippen LogP contribution is -2.32. The van der Waals surface area contributed by atoms with Crippen LogP contribution in [0.1, 0.15) is 25.1 Å². The molecule has 0 amide bonds. The van der Waals surface area contributed by atoms with Crippen LogP contribution in [-0.2, 0) is 6.54 Å². The minimum absolute atomic E-state index is 0.0343. The second kappa shape index (κ2) is 4.70. The van der Waals surface area contributed by atoms with Gasteiger partial charge in [0.15, 0.2) is 0 Å². The molecule has 0 radical (unpaired) electrons. The molecule has 1 aromatic carbocycles. The Labute approximate surface area is 112 Å². The number of hydrogen-bond acceptors (Lipinski definition) is 2. The van der Waals surface area contributed by atoms with Gasteiger partial charge in [-0.2, -0.15) is 0 Å². The highest BCUT2D eigenvalue weighted by atomic mass is 16.3. The highest BCUT2D eigenvalue weighted by Gasteiger charge is 2.21. The molecule has 2 rings (SSSR count). The predicted octanol–water partition coefficient (Wildman–Crippen LogP) is 2.03. The second-order valence-electron chi connectivity index (χ2n) is 5.53. The minimum atomic E-state index is -0.876. The van der Waals surface area contributed by atoms with Crippen LogP contribution in [0.25, 0.3) is 5.69 Å². The monoisotopic (exact) mass is 260 g/mol. The van der Waals surface area contributed by atoms with E-state index < -0.39 is 5.60 Å². The van der Waals surface area contributed by atoms with E-state index in [2.05, 4.69) is 0 Å². The van der Waals surface area contributed by atoms with Gasteiger partial charge in [0.1, 0.15) is 0 Å². The van der Waals surface area contributed by atoms with E-state index in [-0.39, 0.29) is 5.56 Å². The standard InChI is InChI=1S/C15H20N2O2/c1-11-12(2)16(10-15(3,4)19)17(14(11)18)13-8-6-5-7-9-13/h5-9,19H,10H2,1-4H3. The second-order valence-corrected chi connectivity index (χ2v) is 5.53. The molecule has 1 aromatic heterocycles. The van der Waals surface area contributed by atoms with E-state index in [1.807, 2.05) is 48.9 Å². The lowest BCUT2D eigenvalue weighted by atomic mass is 10.1. The molecule has 1 N–H and O–H groups in total. The van der Waals surface area contributed by atoms with Crippen molar-refractivity contribution in [3.8, 4) is 5.69 Å². The Hall–Kier alpha value is -1.81. The molecule has 2 aromatic rings. The van der Waals surface area contributed by atoms with Crippen LogP contribution in [0.2, 0.25) is 0 Å². The molecular formula is C15H20N2O2. The first-order valence-electron chi connectivity index (χ1n) is 6.38. The molecule has 4 nitrogen and oxygen atoms in total. The molecule has 19 heavy (non-hydrogen) atoms. The minimum Gasteiger partial charge on any atom is -0.389 e. The smallest absolute Gasteiger partial charge is 0.274 e. The molecule has 0 aliphatic heterocycles. The van der Waals surface area contributed by atoms with E-state index in [0.717, 1.165) is 11.4 Å². The summed E-state index contributed by atoms with van der Waals surface area (Å²) in [7, 11) is 0. The van der Waals surface area contributed by atoms with Gasteiger partial charge in [0.05, 0.1) is 17.8 Å². The van der Waals surface area contributed by atoms with Crippen molar-refractivity contribution < 1.29 is 5.11 Å². The van der Waals surface area contributed by atoms with Gasteiger partial charge in [-0.3, -0.25) is 9.48 Å². The Bertz CT molecular complexity index is 631. The Morgan fingerprint density at radius 3 is 2.26 bits per heavy atom. The first-order chi connectivity index (χ1) is 8.81. The maximum atomic E-state index is 12.4. The quantitative estimate of drug-likeness (QED) is 0.918. The molecule has 0 aliphatic rings. The predicted molar refractivity (Wildman–Crippen MR) is 75.8 cm³/mol. The van der Waals surface area contributed by atoms with Gasteiger partial charge in [0, 0.05) is 11.3 Å². The van der Waals surface area contributed by atoms with Gasteiger partial charge in [-0.25, -0.2) is 4.68 Å². The van der Waals surface area contributed by atoms with Gasteiger partial charge in [-0.15, -0.1) is 0 Å². The fourth-order valence-corrected chi connectivity index (χ4v) is 2.15. The van der Waals surface area contributed by atoms with E-state index in [1.54, 1.807) is 18.5 Å². The summed E-state index contributed by atoms with van der Waals surface area (Å²) >= 11 is 0. The van der Waals surface area contributed by atoms with Crippen molar-refractivity contribution in [3.05, 3.63) is 51.9 Å². The van der Waals surface area contributed by atoms with Crippen molar-refractivity contribution >= 4 is 0 Å². The summed E-state index contributed by atoms with van der Waals surface area (Å²) in [4.78, 5) is 12.4. The van der Waals surface area contributed by atoms with Crippen LogP contribution in [0.5, 0.6) is 0 Å². The molecule has 1 heterocycles. The molecule has 0 spiro atoms. The number of rotatable bonds is 3. The molecule has 0 saturated heterocycles. The van der Waals surface area contributed by atoms with Crippen LogP contribution >= 0.6 is 0 Å². The van der Waals surface area contributed by atoms with Crippen LogP contribution in [-0.4, -0.2) is 20.1 Å². The number of nitrogens with zero attached hydrogens (tertiary/aromatic N) is 2. The summed E-state index contributed by atoms with van der Waals surface area (Å²) in [5, 5.41) is 10.0. The van der Waals surface area contributed by atoms with Crippen LogP contribution < -0.4 is 5.56 Å². The first-order valence-corrected chi connectivity index (χ1v) is 6.38. The normalized spacial score (nSPS) is 11.8. The molecule has 0 unspecified atom stereocenters. The number of aliphatic hydroxyl groups is 1. The zero-order chi connectivity index (χ0) is 14.2. The maximum Gasteiger partial charge on any atom is 0.274 e. The third-order valence-electron chi connectivity index (χ3n) is 3.22.